The number of anilines is 2. The molecule has 2 aromatic rings. The number of aromatic nitrogens is 2. The van der Waals surface area contributed by atoms with Crippen LogP contribution in [-0.4, -0.2) is 17.1 Å². The van der Waals surface area contributed by atoms with Gasteiger partial charge < -0.3 is 10.1 Å². The first-order valence-electron chi connectivity index (χ1n) is 5.33. The number of benzene rings is 1. The van der Waals surface area contributed by atoms with E-state index >= 15 is 0 Å². The molecule has 0 aliphatic rings. The molecule has 1 aromatic carbocycles. The fourth-order valence-corrected chi connectivity index (χ4v) is 2.43. The van der Waals surface area contributed by atoms with E-state index in [-0.39, 0.29) is 0 Å². The number of methoxy groups -OCH3 is 1. The van der Waals surface area contributed by atoms with E-state index in [1.807, 2.05) is 6.07 Å². The summed E-state index contributed by atoms with van der Waals surface area (Å²) < 4.78 is 5.83. The summed E-state index contributed by atoms with van der Waals surface area (Å²) in [6, 6.07) is 7.07. The van der Waals surface area contributed by atoms with Gasteiger partial charge >= 0.3 is 0 Å². The van der Waals surface area contributed by atoms with Gasteiger partial charge in [0.1, 0.15) is 17.6 Å². The van der Waals surface area contributed by atoms with Gasteiger partial charge in [-0.2, -0.15) is 0 Å². The summed E-state index contributed by atoms with van der Waals surface area (Å²) in [6.07, 6.45) is 0. The number of nitrogens with one attached hydrogen (secondary N) is 1. The number of nitrogens with zero attached hydrogens (tertiary/aromatic N) is 2. The lowest BCUT2D eigenvalue weighted by Gasteiger charge is -2.09. The summed E-state index contributed by atoms with van der Waals surface area (Å²) in [5, 5.41) is 4.15. The van der Waals surface area contributed by atoms with Crippen LogP contribution in [0.25, 0.3) is 0 Å². The molecule has 2 rings (SSSR count). The maximum absolute atomic E-state index is 5.94. The van der Waals surface area contributed by atoms with E-state index in [9.17, 15) is 0 Å². The van der Waals surface area contributed by atoms with E-state index < -0.39 is 0 Å². The van der Waals surface area contributed by atoms with Gasteiger partial charge in [-0.05, 0) is 34.1 Å². The van der Waals surface area contributed by atoms with Crippen LogP contribution < -0.4 is 5.32 Å². The summed E-state index contributed by atoms with van der Waals surface area (Å²) in [5.74, 6) is 1.11. The van der Waals surface area contributed by atoms with Crippen molar-refractivity contribution in [2.45, 2.75) is 6.61 Å². The van der Waals surface area contributed by atoms with E-state index in [4.69, 9.17) is 27.9 Å². The SMILES string of the molecule is COCc1nc(Cl)cc(Nc2ccc(Cl)cc2Br)n1. The zero-order chi connectivity index (χ0) is 13.8. The minimum atomic E-state index is 0.303. The van der Waals surface area contributed by atoms with Crippen LogP contribution in [0.2, 0.25) is 10.2 Å². The van der Waals surface area contributed by atoms with Gasteiger partial charge in [-0.15, -0.1) is 0 Å². The molecule has 0 aliphatic carbocycles. The van der Waals surface area contributed by atoms with Crippen LogP contribution in [0.4, 0.5) is 11.5 Å². The molecule has 7 heteroatoms. The van der Waals surface area contributed by atoms with Crippen molar-refractivity contribution in [3.05, 3.63) is 44.7 Å². The van der Waals surface area contributed by atoms with Crippen molar-refractivity contribution < 1.29 is 4.74 Å². The normalized spacial score (nSPS) is 10.5. The number of rotatable bonds is 4. The molecule has 100 valence electrons. The van der Waals surface area contributed by atoms with Gasteiger partial charge in [-0.25, -0.2) is 9.97 Å². The highest BCUT2D eigenvalue weighted by molar-refractivity contribution is 9.10. The molecule has 0 bridgehead atoms. The molecule has 0 atom stereocenters. The third-order valence-electron chi connectivity index (χ3n) is 2.21. The third-order valence-corrected chi connectivity index (χ3v) is 3.29. The van der Waals surface area contributed by atoms with Crippen LogP contribution in [0.1, 0.15) is 5.82 Å². The summed E-state index contributed by atoms with van der Waals surface area (Å²) >= 11 is 15.3. The van der Waals surface area contributed by atoms with Crippen molar-refractivity contribution in [2.75, 3.05) is 12.4 Å². The van der Waals surface area contributed by atoms with E-state index in [2.05, 4.69) is 31.2 Å². The van der Waals surface area contributed by atoms with Crippen molar-refractivity contribution in [3.63, 3.8) is 0 Å². The Bertz CT molecular complexity index is 595. The molecule has 1 aromatic heterocycles. The van der Waals surface area contributed by atoms with Crippen LogP contribution in [-0.2, 0) is 11.3 Å². The first kappa shape index (κ1) is 14.5. The molecule has 4 nitrogen and oxygen atoms in total. The van der Waals surface area contributed by atoms with Gasteiger partial charge in [0.05, 0.1) is 5.69 Å². The van der Waals surface area contributed by atoms with Crippen LogP contribution in [0.5, 0.6) is 0 Å². The summed E-state index contributed by atoms with van der Waals surface area (Å²) in [4.78, 5) is 8.35. The van der Waals surface area contributed by atoms with Crippen molar-refractivity contribution in [1.82, 2.24) is 9.97 Å². The van der Waals surface area contributed by atoms with Gasteiger partial charge in [-0.1, -0.05) is 23.2 Å². The molecule has 0 amide bonds. The maximum atomic E-state index is 5.94. The molecule has 0 unspecified atom stereocenters. The van der Waals surface area contributed by atoms with Crippen LogP contribution >= 0.6 is 39.1 Å². The predicted octanol–water partition coefficient (Wildman–Crippen LogP) is 4.44. The zero-order valence-electron chi connectivity index (χ0n) is 9.95. The molecule has 0 radical (unpaired) electrons. The second-order valence-corrected chi connectivity index (χ2v) is 5.35. The zero-order valence-corrected chi connectivity index (χ0v) is 13.1. The lowest BCUT2D eigenvalue weighted by Crippen LogP contribution is -2.02. The molecule has 0 aliphatic heterocycles. The molecule has 19 heavy (non-hydrogen) atoms. The molecular weight excluding hydrogens is 353 g/mol. The summed E-state index contributed by atoms with van der Waals surface area (Å²) in [5.41, 5.74) is 0.836. The van der Waals surface area contributed by atoms with E-state index in [1.165, 1.54) is 0 Å². The number of hydrogen-bond acceptors (Lipinski definition) is 4. The highest BCUT2D eigenvalue weighted by Gasteiger charge is 2.06. The average molecular weight is 363 g/mol. The Morgan fingerprint density at radius 1 is 1.26 bits per heavy atom. The molecule has 0 fully saturated rings. The lowest BCUT2D eigenvalue weighted by atomic mass is 10.3. The number of halogens is 3. The summed E-state index contributed by atoms with van der Waals surface area (Å²) in [7, 11) is 1.58. The Kier molecular flexibility index (Phi) is 4.99. The Hall–Kier alpha value is -0.880. The smallest absolute Gasteiger partial charge is 0.158 e. The topological polar surface area (TPSA) is 47.0 Å². The second kappa shape index (κ2) is 6.52. The van der Waals surface area contributed by atoms with E-state index in [0.717, 1.165) is 10.2 Å². The van der Waals surface area contributed by atoms with E-state index in [0.29, 0.717) is 28.4 Å². The Labute approximate surface area is 129 Å². The quantitative estimate of drug-likeness (QED) is 0.817. The predicted molar refractivity (Wildman–Crippen MR) is 80.2 cm³/mol. The number of ether oxygens (including phenoxy) is 1. The highest BCUT2D eigenvalue weighted by Crippen LogP contribution is 2.28. The minimum absolute atomic E-state index is 0.303. The number of hydrogen-bond donors (Lipinski definition) is 1. The first-order valence-corrected chi connectivity index (χ1v) is 6.88. The minimum Gasteiger partial charge on any atom is -0.377 e. The second-order valence-electron chi connectivity index (χ2n) is 3.67. The first-order chi connectivity index (χ1) is 9.08. The largest absolute Gasteiger partial charge is 0.377 e. The third kappa shape index (κ3) is 4.04. The van der Waals surface area contributed by atoms with Gasteiger partial charge in [0, 0.05) is 22.7 Å². The Morgan fingerprint density at radius 3 is 2.74 bits per heavy atom. The van der Waals surface area contributed by atoms with Gasteiger partial charge in [0.15, 0.2) is 5.82 Å². The maximum Gasteiger partial charge on any atom is 0.158 e. The molecule has 0 spiro atoms. The van der Waals surface area contributed by atoms with Crippen molar-refractivity contribution in [2.24, 2.45) is 0 Å². The van der Waals surface area contributed by atoms with Crippen molar-refractivity contribution in [1.29, 1.82) is 0 Å². The molecule has 1 heterocycles. The summed E-state index contributed by atoms with van der Waals surface area (Å²) in [6.45, 7) is 0.303. The molecule has 0 saturated carbocycles. The average Bonchev–Trinajstić information content (AvgIpc) is 2.32. The van der Waals surface area contributed by atoms with Gasteiger partial charge in [0.2, 0.25) is 0 Å². The monoisotopic (exact) mass is 361 g/mol. The fourth-order valence-electron chi connectivity index (χ4n) is 1.45. The standard InChI is InChI=1S/C12H10BrCl2N3O/c1-19-6-12-17-10(15)5-11(18-12)16-9-3-2-7(14)4-8(9)13/h2-5H,6H2,1H3,(H,16,17,18). The highest BCUT2D eigenvalue weighted by atomic mass is 79.9. The fraction of sp³-hybridized carbons (Fsp3) is 0.167. The molecule has 0 saturated heterocycles. The lowest BCUT2D eigenvalue weighted by molar-refractivity contribution is 0.178. The van der Waals surface area contributed by atoms with Crippen molar-refractivity contribution >= 4 is 50.6 Å². The van der Waals surface area contributed by atoms with E-state index in [1.54, 1.807) is 25.3 Å². The Balaban J connectivity index is 2.27. The Morgan fingerprint density at radius 2 is 2.05 bits per heavy atom. The molecule has 1 N–H and O–H groups in total. The molecular formula is C12H10BrCl2N3O. The van der Waals surface area contributed by atoms with Gasteiger partial charge in [-0.3, -0.25) is 0 Å². The van der Waals surface area contributed by atoms with Gasteiger partial charge in [0.25, 0.3) is 0 Å². The van der Waals surface area contributed by atoms with Crippen LogP contribution in [0.3, 0.4) is 0 Å². The van der Waals surface area contributed by atoms with Crippen LogP contribution in [0.15, 0.2) is 28.7 Å². The van der Waals surface area contributed by atoms with Crippen LogP contribution in [0, 0.1) is 0 Å². The van der Waals surface area contributed by atoms with Crippen molar-refractivity contribution in [3.8, 4) is 0 Å².